The lowest BCUT2D eigenvalue weighted by molar-refractivity contribution is 0.485. The third-order valence-electron chi connectivity index (χ3n) is 5.75. The molecule has 6 heteroatoms. The summed E-state index contributed by atoms with van der Waals surface area (Å²) in [6.07, 6.45) is 9.14. The molecule has 25 heavy (non-hydrogen) atoms. The van der Waals surface area contributed by atoms with Gasteiger partial charge in [0, 0.05) is 32.3 Å². The predicted octanol–water partition coefficient (Wildman–Crippen LogP) is 2.35. The van der Waals surface area contributed by atoms with E-state index in [-0.39, 0.29) is 0 Å². The summed E-state index contributed by atoms with van der Waals surface area (Å²) < 4.78 is 0. The Bertz CT molecular complexity index is 781. The Kier molecular flexibility index (Phi) is 3.57. The molecule has 5 rings (SSSR count). The molecule has 1 saturated carbocycles. The topological polar surface area (TPSA) is 58.0 Å². The van der Waals surface area contributed by atoms with Crippen LogP contribution in [0.4, 0.5) is 11.6 Å². The van der Waals surface area contributed by atoms with Crippen LogP contribution in [-0.2, 0) is 12.8 Å². The van der Waals surface area contributed by atoms with E-state index in [9.17, 15) is 0 Å². The lowest BCUT2D eigenvalue weighted by atomic mass is 9.96. The van der Waals surface area contributed by atoms with Gasteiger partial charge in [0.05, 0.1) is 11.7 Å². The maximum atomic E-state index is 4.76. The number of aryl methyl sites for hydroxylation is 2. The van der Waals surface area contributed by atoms with Crippen molar-refractivity contribution < 1.29 is 0 Å². The second-order valence-electron chi connectivity index (χ2n) is 7.60. The van der Waals surface area contributed by atoms with E-state index in [4.69, 9.17) is 4.98 Å². The zero-order chi connectivity index (χ0) is 16.8. The summed E-state index contributed by atoms with van der Waals surface area (Å²) in [5.74, 6) is 3.68. The fourth-order valence-electron chi connectivity index (χ4n) is 3.81. The molecule has 130 valence electrons. The van der Waals surface area contributed by atoms with Gasteiger partial charge in [-0.05, 0) is 56.2 Å². The largest absolute Gasteiger partial charge is 0.353 e. The van der Waals surface area contributed by atoms with Crippen LogP contribution in [0.2, 0.25) is 0 Å². The third-order valence-corrected chi connectivity index (χ3v) is 5.75. The van der Waals surface area contributed by atoms with Gasteiger partial charge >= 0.3 is 0 Å². The van der Waals surface area contributed by atoms with E-state index in [2.05, 4.69) is 38.1 Å². The van der Waals surface area contributed by atoms with Crippen molar-refractivity contribution in [2.75, 3.05) is 29.9 Å². The van der Waals surface area contributed by atoms with Crippen LogP contribution < -0.4 is 9.80 Å². The molecule has 0 radical (unpaired) electrons. The van der Waals surface area contributed by atoms with Crippen LogP contribution in [0.3, 0.4) is 0 Å². The fraction of sp³-hybridized carbons (Fsp3) is 0.579. The molecule has 2 aromatic heterocycles. The zero-order valence-corrected chi connectivity index (χ0v) is 14.7. The summed E-state index contributed by atoms with van der Waals surface area (Å²) in [7, 11) is 2.14. The summed E-state index contributed by atoms with van der Waals surface area (Å²) >= 11 is 0. The van der Waals surface area contributed by atoms with Crippen molar-refractivity contribution in [2.24, 2.45) is 0 Å². The van der Waals surface area contributed by atoms with Gasteiger partial charge in [0.1, 0.15) is 11.6 Å². The average molecular weight is 336 g/mol. The van der Waals surface area contributed by atoms with Gasteiger partial charge in [-0.2, -0.15) is 5.10 Å². The first-order valence-electron chi connectivity index (χ1n) is 9.44. The molecule has 2 aromatic rings. The van der Waals surface area contributed by atoms with E-state index >= 15 is 0 Å². The minimum absolute atomic E-state index is 0.472. The van der Waals surface area contributed by atoms with Gasteiger partial charge in [-0.1, -0.05) is 0 Å². The SMILES string of the molecule is CN(c1ccnc(C2CC2)n1)C1CN(c2cc3c(nn2)CCCC3)C1. The molecule has 6 nitrogen and oxygen atoms in total. The van der Waals surface area contributed by atoms with E-state index in [1.807, 2.05) is 12.3 Å². The molecule has 0 amide bonds. The van der Waals surface area contributed by atoms with E-state index in [1.54, 1.807) is 0 Å². The van der Waals surface area contributed by atoms with E-state index in [1.165, 1.54) is 36.9 Å². The first-order valence-corrected chi connectivity index (χ1v) is 9.44. The Balaban J connectivity index is 1.26. The minimum atomic E-state index is 0.472. The third kappa shape index (κ3) is 2.83. The normalized spacial score (nSPS) is 20.1. The van der Waals surface area contributed by atoms with Gasteiger partial charge in [0.25, 0.3) is 0 Å². The highest BCUT2D eigenvalue weighted by Crippen LogP contribution is 2.38. The standard InChI is InChI=1S/C19H24N6/c1-24(17-8-9-20-19(21-17)13-6-7-13)15-11-25(12-15)18-10-14-4-2-3-5-16(14)22-23-18/h8-10,13,15H,2-7,11-12H2,1H3. The molecule has 0 bridgehead atoms. The Labute approximate surface area is 148 Å². The molecule has 0 unspecified atom stereocenters. The second-order valence-corrected chi connectivity index (χ2v) is 7.60. The van der Waals surface area contributed by atoms with E-state index < -0.39 is 0 Å². The van der Waals surface area contributed by atoms with Crippen LogP contribution in [0.15, 0.2) is 18.3 Å². The van der Waals surface area contributed by atoms with Gasteiger partial charge in [-0.15, -0.1) is 5.10 Å². The Morgan fingerprint density at radius 2 is 1.96 bits per heavy atom. The van der Waals surface area contributed by atoms with Crippen LogP contribution >= 0.6 is 0 Å². The monoisotopic (exact) mass is 336 g/mol. The van der Waals surface area contributed by atoms with Gasteiger partial charge in [-0.3, -0.25) is 0 Å². The summed E-state index contributed by atoms with van der Waals surface area (Å²) in [5, 5.41) is 8.92. The molecular formula is C19H24N6. The van der Waals surface area contributed by atoms with Crippen molar-refractivity contribution in [3.05, 3.63) is 35.4 Å². The first-order chi connectivity index (χ1) is 12.3. The van der Waals surface area contributed by atoms with Crippen LogP contribution in [0.25, 0.3) is 0 Å². The number of fused-ring (bicyclic) bond motifs is 1. The highest BCUT2D eigenvalue weighted by Gasteiger charge is 2.33. The van der Waals surface area contributed by atoms with Crippen molar-refractivity contribution in [1.29, 1.82) is 0 Å². The molecule has 2 fully saturated rings. The molecular weight excluding hydrogens is 312 g/mol. The van der Waals surface area contributed by atoms with E-state index in [0.717, 1.165) is 43.4 Å². The molecule has 0 N–H and O–H groups in total. The Morgan fingerprint density at radius 1 is 1.12 bits per heavy atom. The fourth-order valence-corrected chi connectivity index (χ4v) is 3.81. The quantitative estimate of drug-likeness (QED) is 0.854. The van der Waals surface area contributed by atoms with Gasteiger partial charge < -0.3 is 9.80 Å². The molecule has 1 aliphatic heterocycles. The highest BCUT2D eigenvalue weighted by molar-refractivity contribution is 5.49. The number of hydrogen-bond acceptors (Lipinski definition) is 6. The van der Waals surface area contributed by atoms with Crippen molar-refractivity contribution in [3.63, 3.8) is 0 Å². The Hall–Kier alpha value is -2.24. The number of aromatic nitrogens is 4. The van der Waals surface area contributed by atoms with E-state index in [0.29, 0.717) is 12.0 Å². The lowest BCUT2D eigenvalue weighted by Gasteiger charge is -2.45. The second kappa shape index (κ2) is 5.93. The molecule has 1 saturated heterocycles. The molecule has 0 atom stereocenters. The van der Waals surface area contributed by atoms with Crippen molar-refractivity contribution in [3.8, 4) is 0 Å². The summed E-state index contributed by atoms with van der Waals surface area (Å²) in [4.78, 5) is 13.8. The lowest BCUT2D eigenvalue weighted by Crippen LogP contribution is -2.59. The van der Waals surface area contributed by atoms with Crippen LogP contribution in [0.5, 0.6) is 0 Å². The molecule has 3 heterocycles. The number of nitrogens with zero attached hydrogens (tertiary/aromatic N) is 6. The molecule has 2 aliphatic carbocycles. The van der Waals surface area contributed by atoms with Crippen LogP contribution in [0, 0.1) is 0 Å². The van der Waals surface area contributed by atoms with Crippen molar-refractivity contribution in [1.82, 2.24) is 20.2 Å². The predicted molar refractivity (Wildman–Crippen MR) is 97.1 cm³/mol. The number of rotatable bonds is 4. The maximum Gasteiger partial charge on any atom is 0.151 e. The molecule has 3 aliphatic rings. The minimum Gasteiger partial charge on any atom is -0.353 e. The number of anilines is 2. The number of likely N-dealkylation sites (N-methyl/N-ethyl adjacent to an activating group) is 1. The average Bonchev–Trinajstić information content (AvgIpc) is 3.45. The highest BCUT2D eigenvalue weighted by atomic mass is 15.4. The zero-order valence-electron chi connectivity index (χ0n) is 14.7. The van der Waals surface area contributed by atoms with Crippen LogP contribution in [-0.4, -0.2) is 46.3 Å². The van der Waals surface area contributed by atoms with Gasteiger partial charge in [0.2, 0.25) is 0 Å². The van der Waals surface area contributed by atoms with Gasteiger partial charge in [-0.25, -0.2) is 9.97 Å². The van der Waals surface area contributed by atoms with Gasteiger partial charge in [0.15, 0.2) is 5.82 Å². The van der Waals surface area contributed by atoms with Crippen molar-refractivity contribution in [2.45, 2.75) is 50.5 Å². The Morgan fingerprint density at radius 3 is 2.80 bits per heavy atom. The molecule has 0 spiro atoms. The van der Waals surface area contributed by atoms with Crippen molar-refractivity contribution >= 4 is 11.6 Å². The smallest absolute Gasteiger partial charge is 0.151 e. The summed E-state index contributed by atoms with van der Waals surface area (Å²) in [6.45, 7) is 1.96. The molecule has 0 aromatic carbocycles. The number of hydrogen-bond donors (Lipinski definition) is 0. The van der Waals surface area contributed by atoms with Crippen LogP contribution in [0.1, 0.15) is 48.7 Å². The first kappa shape index (κ1) is 15.0. The maximum absolute atomic E-state index is 4.76. The summed E-state index contributed by atoms with van der Waals surface area (Å²) in [5.41, 5.74) is 2.61. The summed E-state index contributed by atoms with van der Waals surface area (Å²) in [6, 6.07) is 4.75.